The normalized spacial score (nSPS) is 14.9. The van der Waals surface area contributed by atoms with E-state index in [1.165, 1.54) is 11.3 Å². The number of thiophene rings is 1. The summed E-state index contributed by atoms with van der Waals surface area (Å²) in [6.45, 7) is 2.89. The lowest BCUT2D eigenvalue weighted by molar-refractivity contribution is 0.0747. The molecule has 1 aliphatic rings. The second-order valence-electron chi connectivity index (χ2n) is 5.22. The van der Waals surface area contributed by atoms with Crippen LogP contribution in [0.25, 0.3) is 0 Å². The van der Waals surface area contributed by atoms with E-state index in [4.69, 9.17) is 27.9 Å². The molecule has 1 aliphatic heterocycles. The van der Waals surface area contributed by atoms with Gasteiger partial charge in [0.1, 0.15) is 10.1 Å². The van der Waals surface area contributed by atoms with Gasteiger partial charge >= 0.3 is 0 Å². The van der Waals surface area contributed by atoms with Crippen LogP contribution in [-0.4, -0.2) is 44.1 Å². The maximum Gasteiger partial charge on any atom is 0.256 e. The largest absolute Gasteiger partial charge is 0.497 e. The molecule has 3 rings (SSSR count). The first-order valence-corrected chi connectivity index (χ1v) is 8.79. The van der Waals surface area contributed by atoms with Crippen LogP contribution in [0.5, 0.6) is 5.75 Å². The summed E-state index contributed by atoms with van der Waals surface area (Å²) in [5.74, 6) is 0.791. The van der Waals surface area contributed by atoms with Crippen molar-refractivity contribution >= 4 is 46.1 Å². The molecule has 122 valence electrons. The maximum atomic E-state index is 12.5. The molecule has 1 saturated heterocycles. The monoisotopic (exact) mass is 370 g/mol. The molecule has 2 aromatic rings. The van der Waals surface area contributed by atoms with E-state index >= 15 is 0 Å². The number of hydrogen-bond donors (Lipinski definition) is 0. The van der Waals surface area contributed by atoms with E-state index in [1.807, 2.05) is 29.2 Å². The van der Waals surface area contributed by atoms with Gasteiger partial charge in [0.05, 0.1) is 17.0 Å². The summed E-state index contributed by atoms with van der Waals surface area (Å²) in [4.78, 5) is 16.6. The first-order chi connectivity index (χ1) is 11.1. The van der Waals surface area contributed by atoms with Crippen LogP contribution < -0.4 is 9.64 Å². The minimum atomic E-state index is -0.0486. The van der Waals surface area contributed by atoms with Gasteiger partial charge in [0.25, 0.3) is 5.91 Å². The van der Waals surface area contributed by atoms with E-state index in [0.29, 0.717) is 27.3 Å². The average Bonchev–Trinajstić information content (AvgIpc) is 2.93. The Morgan fingerprint density at radius 1 is 1.13 bits per heavy atom. The van der Waals surface area contributed by atoms with E-state index in [9.17, 15) is 4.79 Å². The average molecular weight is 371 g/mol. The van der Waals surface area contributed by atoms with Crippen LogP contribution in [0.15, 0.2) is 30.3 Å². The number of benzene rings is 1. The predicted molar refractivity (Wildman–Crippen MR) is 95.4 cm³/mol. The number of nitrogens with zero attached hydrogens (tertiary/aromatic N) is 2. The van der Waals surface area contributed by atoms with Crippen LogP contribution in [0.2, 0.25) is 8.67 Å². The van der Waals surface area contributed by atoms with Crippen molar-refractivity contribution in [1.29, 1.82) is 0 Å². The number of rotatable bonds is 3. The molecular formula is C16H16Cl2N2O2S. The lowest BCUT2D eigenvalue weighted by Crippen LogP contribution is -2.48. The van der Waals surface area contributed by atoms with Crippen molar-refractivity contribution in [3.8, 4) is 5.75 Å². The van der Waals surface area contributed by atoms with E-state index in [-0.39, 0.29) is 5.91 Å². The molecule has 0 unspecified atom stereocenters. The number of piperazine rings is 1. The van der Waals surface area contributed by atoms with Crippen LogP contribution in [-0.2, 0) is 0 Å². The van der Waals surface area contributed by atoms with E-state index < -0.39 is 0 Å². The van der Waals surface area contributed by atoms with Crippen LogP contribution in [0.3, 0.4) is 0 Å². The zero-order chi connectivity index (χ0) is 16.4. The summed E-state index contributed by atoms with van der Waals surface area (Å²) in [6, 6.07) is 9.60. The molecule has 0 aliphatic carbocycles. The quantitative estimate of drug-likeness (QED) is 0.817. The van der Waals surface area contributed by atoms with Gasteiger partial charge in [-0.25, -0.2) is 0 Å². The molecule has 2 heterocycles. The SMILES string of the molecule is COc1ccc(N2CCN(C(=O)c3cc(Cl)sc3Cl)CC2)cc1. The van der Waals surface area contributed by atoms with E-state index in [2.05, 4.69) is 4.90 Å². The predicted octanol–water partition coefficient (Wildman–Crippen LogP) is 4.03. The van der Waals surface area contributed by atoms with Gasteiger partial charge in [0.2, 0.25) is 0 Å². The number of amides is 1. The summed E-state index contributed by atoms with van der Waals surface area (Å²) in [7, 11) is 1.65. The highest BCUT2D eigenvalue weighted by atomic mass is 35.5. The molecule has 0 spiro atoms. The number of ether oxygens (including phenoxy) is 1. The Labute approximate surface area is 149 Å². The third-order valence-corrected chi connectivity index (χ3v) is 5.38. The van der Waals surface area contributed by atoms with Crippen LogP contribution >= 0.6 is 34.5 Å². The van der Waals surface area contributed by atoms with Crippen molar-refractivity contribution in [2.24, 2.45) is 0 Å². The molecule has 0 saturated carbocycles. The van der Waals surface area contributed by atoms with Gasteiger partial charge in [-0.2, -0.15) is 0 Å². The van der Waals surface area contributed by atoms with Gasteiger partial charge in [-0.15, -0.1) is 11.3 Å². The number of halogens is 2. The molecule has 1 fully saturated rings. The zero-order valence-electron chi connectivity index (χ0n) is 12.6. The summed E-state index contributed by atoms with van der Waals surface area (Å²) in [6.07, 6.45) is 0. The molecule has 0 atom stereocenters. The fourth-order valence-electron chi connectivity index (χ4n) is 2.62. The highest BCUT2D eigenvalue weighted by Gasteiger charge is 2.25. The van der Waals surface area contributed by atoms with Crippen molar-refractivity contribution in [1.82, 2.24) is 4.90 Å². The third-order valence-electron chi connectivity index (χ3n) is 3.89. The van der Waals surface area contributed by atoms with Gasteiger partial charge < -0.3 is 14.5 Å². The molecule has 1 amide bonds. The molecule has 1 aromatic carbocycles. The molecule has 1 aromatic heterocycles. The van der Waals surface area contributed by atoms with Crippen LogP contribution in [0.1, 0.15) is 10.4 Å². The fourth-order valence-corrected chi connectivity index (χ4v) is 4.07. The molecule has 0 N–H and O–H groups in total. The molecule has 0 bridgehead atoms. The van der Waals surface area contributed by atoms with Crippen molar-refractivity contribution < 1.29 is 9.53 Å². The first-order valence-electron chi connectivity index (χ1n) is 7.21. The van der Waals surface area contributed by atoms with E-state index in [1.54, 1.807) is 13.2 Å². The minimum Gasteiger partial charge on any atom is -0.497 e. The van der Waals surface area contributed by atoms with Crippen molar-refractivity contribution in [3.63, 3.8) is 0 Å². The topological polar surface area (TPSA) is 32.8 Å². The Hall–Kier alpha value is -1.43. The summed E-state index contributed by atoms with van der Waals surface area (Å²) >= 11 is 13.2. The molecule has 23 heavy (non-hydrogen) atoms. The highest BCUT2D eigenvalue weighted by molar-refractivity contribution is 7.20. The summed E-state index contributed by atoms with van der Waals surface area (Å²) in [5, 5.41) is 0. The van der Waals surface area contributed by atoms with Crippen molar-refractivity contribution in [2.45, 2.75) is 0 Å². The molecule has 7 heteroatoms. The smallest absolute Gasteiger partial charge is 0.256 e. The fraction of sp³-hybridized carbons (Fsp3) is 0.312. The highest BCUT2D eigenvalue weighted by Crippen LogP contribution is 2.32. The lowest BCUT2D eigenvalue weighted by Gasteiger charge is -2.36. The molecule has 4 nitrogen and oxygen atoms in total. The first kappa shape index (κ1) is 16.4. The minimum absolute atomic E-state index is 0.0486. The Morgan fingerprint density at radius 3 is 2.30 bits per heavy atom. The van der Waals surface area contributed by atoms with Gasteiger partial charge in [0, 0.05) is 31.9 Å². The van der Waals surface area contributed by atoms with Crippen molar-refractivity contribution in [3.05, 3.63) is 44.6 Å². The third kappa shape index (κ3) is 3.57. The number of carbonyl (C=O) groups is 1. The van der Waals surface area contributed by atoms with Crippen LogP contribution in [0.4, 0.5) is 5.69 Å². The maximum absolute atomic E-state index is 12.5. The number of carbonyl (C=O) groups excluding carboxylic acids is 1. The number of anilines is 1. The zero-order valence-corrected chi connectivity index (χ0v) is 14.9. The second-order valence-corrected chi connectivity index (χ2v) is 7.50. The number of hydrogen-bond acceptors (Lipinski definition) is 4. The van der Waals surface area contributed by atoms with Gasteiger partial charge in [-0.1, -0.05) is 23.2 Å². The Kier molecular flexibility index (Phi) is 4.99. The van der Waals surface area contributed by atoms with Gasteiger partial charge in [-0.3, -0.25) is 4.79 Å². The van der Waals surface area contributed by atoms with E-state index in [0.717, 1.165) is 24.5 Å². The molecular weight excluding hydrogens is 355 g/mol. The standard InChI is InChI=1S/C16H16Cl2N2O2S/c1-22-12-4-2-11(3-5-12)19-6-8-20(9-7-19)16(21)13-10-14(17)23-15(13)18/h2-5,10H,6-9H2,1H3. The second kappa shape index (κ2) is 6.99. The van der Waals surface area contributed by atoms with Crippen LogP contribution in [0, 0.1) is 0 Å². The summed E-state index contributed by atoms with van der Waals surface area (Å²) in [5.41, 5.74) is 1.63. The Balaban J connectivity index is 1.63. The van der Waals surface area contributed by atoms with Gasteiger partial charge in [0.15, 0.2) is 0 Å². The molecule has 0 radical (unpaired) electrons. The Morgan fingerprint density at radius 2 is 1.78 bits per heavy atom. The number of methoxy groups -OCH3 is 1. The van der Waals surface area contributed by atoms with Gasteiger partial charge in [-0.05, 0) is 30.3 Å². The van der Waals surface area contributed by atoms with Crippen molar-refractivity contribution in [2.75, 3.05) is 38.2 Å². The lowest BCUT2D eigenvalue weighted by atomic mass is 10.2. The summed E-state index contributed by atoms with van der Waals surface area (Å²) < 4.78 is 6.17. The Bertz CT molecular complexity index is 695.